The number of piperidine rings is 1. The minimum atomic E-state index is -3.50. The number of ether oxygens (including phenoxy) is 2. The summed E-state index contributed by atoms with van der Waals surface area (Å²) >= 11 is 0. The van der Waals surface area contributed by atoms with E-state index in [9.17, 15) is 31.8 Å². The molecule has 3 aromatic rings. The summed E-state index contributed by atoms with van der Waals surface area (Å²) in [4.78, 5) is 0. The van der Waals surface area contributed by atoms with E-state index in [4.69, 9.17) is 14.0 Å². The quantitative estimate of drug-likeness (QED) is 0.330. The van der Waals surface area contributed by atoms with Crippen molar-refractivity contribution >= 4 is 10.2 Å². The Balaban J connectivity index is 1.33. The van der Waals surface area contributed by atoms with E-state index in [1.165, 1.54) is 40.7 Å². The second-order valence-electron chi connectivity index (χ2n) is 10.8. The minimum Gasteiger partial charge on any atom is -0.394 e. The first kappa shape index (κ1) is 31.5. The van der Waals surface area contributed by atoms with Crippen LogP contribution in [0.2, 0.25) is 0 Å². The van der Waals surface area contributed by atoms with Crippen molar-refractivity contribution in [3.63, 3.8) is 0 Å². The van der Waals surface area contributed by atoms with Gasteiger partial charge in [-0.25, -0.2) is 17.9 Å². The third-order valence-corrected chi connectivity index (χ3v) is 9.90. The molecule has 5 rings (SSSR count). The van der Waals surface area contributed by atoms with E-state index in [-0.39, 0.29) is 23.6 Å². The van der Waals surface area contributed by atoms with E-state index < -0.39 is 64.7 Å². The summed E-state index contributed by atoms with van der Waals surface area (Å²) in [5.41, 5.74) is 0.483. The molecule has 43 heavy (non-hydrogen) atoms. The highest BCUT2D eigenvalue weighted by Gasteiger charge is 2.47. The number of aromatic nitrogens is 4. The molecule has 2 N–H and O–H groups in total. The molecule has 2 saturated heterocycles. The maximum Gasteiger partial charge on any atom is 0.281 e. The Labute approximate surface area is 245 Å². The van der Waals surface area contributed by atoms with Gasteiger partial charge in [-0.1, -0.05) is 10.4 Å². The predicted molar refractivity (Wildman–Crippen MR) is 143 cm³/mol. The first-order valence-corrected chi connectivity index (χ1v) is 15.0. The molecule has 0 bridgehead atoms. The van der Waals surface area contributed by atoms with Crippen LogP contribution in [0.15, 0.2) is 28.9 Å². The van der Waals surface area contributed by atoms with Crippen LogP contribution in [0, 0.1) is 17.5 Å². The highest BCUT2D eigenvalue weighted by molar-refractivity contribution is 7.86. The van der Waals surface area contributed by atoms with Crippen molar-refractivity contribution < 1.29 is 45.8 Å². The first-order valence-electron chi connectivity index (χ1n) is 13.6. The van der Waals surface area contributed by atoms with Crippen molar-refractivity contribution in [1.29, 1.82) is 0 Å². The summed E-state index contributed by atoms with van der Waals surface area (Å²) < 4.78 is 87.1. The van der Waals surface area contributed by atoms with Crippen molar-refractivity contribution in [2.45, 2.75) is 55.6 Å². The van der Waals surface area contributed by atoms with E-state index in [0.29, 0.717) is 37.4 Å². The average molecular weight is 631 g/mol. The standard InChI is InChI=1S/C26H33F3N6O7S/c1-33(2)43(38,39)34-6-4-14(5-7-34)20-10-16(31-42-20)11-21-26(40-3)24(25(37)22(13-36)41-21)35-12-19(30-32-35)15-8-17(27)23(29)18(28)9-15/h8-10,12,14,21-22,24-26,36-37H,4-7,11,13H2,1-3H3/t21-,22-,24+,25+,26+/m1/s1. The molecule has 0 spiro atoms. The molecule has 2 aromatic heterocycles. The molecule has 4 heterocycles. The molecular formula is C26H33F3N6O7S. The van der Waals surface area contributed by atoms with Crippen LogP contribution in [0.4, 0.5) is 13.2 Å². The van der Waals surface area contributed by atoms with Crippen LogP contribution in [0.5, 0.6) is 0 Å². The van der Waals surface area contributed by atoms with Gasteiger partial charge in [-0.3, -0.25) is 0 Å². The topological polar surface area (TPSA) is 156 Å². The molecule has 2 fully saturated rings. The van der Waals surface area contributed by atoms with Crippen molar-refractivity contribution in [1.82, 2.24) is 28.8 Å². The van der Waals surface area contributed by atoms with E-state index in [1.807, 2.05) is 0 Å². The van der Waals surface area contributed by atoms with Crippen LogP contribution < -0.4 is 0 Å². The number of hydrogen-bond donors (Lipinski definition) is 2. The fourth-order valence-corrected chi connectivity index (χ4v) is 6.75. The van der Waals surface area contributed by atoms with Crippen molar-refractivity contribution in [3.05, 3.63) is 53.3 Å². The number of nitrogens with zero attached hydrogens (tertiary/aromatic N) is 6. The van der Waals surface area contributed by atoms with Gasteiger partial charge in [0.05, 0.1) is 24.6 Å². The van der Waals surface area contributed by atoms with Crippen LogP contribution in [0.3, 0.4) is 0 Å². The van der Waals surface area contributed by atoms with Gasteiger partial charge in [-0.15, -0.1) is 5.10 Å². The van der Waals surface area contributed by atoms with E-state index in [1.54, 1.807) is 6.07 Å². The molecule has 1 aromatic carbocycles. The fourth-order valence-electron chi connectivity index (χ4n) is 5.61. The Kier molecular flexibility index (Phi) is 9.22. The van der Waals surface area contributed by atoms with Gasteiger partial charge in [-0.05, 0) is 25.0 Å². The van der Waals surface area contributed by atoms with Crippen molar-refractivity contribution in [3.8, 4) is 11.3 Å². The summed E-state index contributed by atoms with van der Waals surface area (Å²) in [6.45, 7) is 0.153. The lowest BCUT2D eigenvalue weighted by atomic mass is 9.90. The summed E-state index contributed by atoms with van der Waals surface area (Å²) in [5, 5.41) is 33.1. The van der Waals surface area contributed by atoms with Gasteiger partial charge >= 0.3 is 0 Å². The molecular weight excluding hydrogens is 597 g/mol. The number of methoxy groups -OCH3 is 1. The lowest BCUT2D eigenvalue weighted by molar-refractivity contribution is -0.212. The molecule has 0 amide bonds. The second kappa shape index (κ2) is 12.6. The smallest absolute Gasteiger partial charge is 0.281 e. The SMILES string of the molecule is CO[C@@H]1[C@@H](n2cc(-c3cc(F)c(F)c(F)c3)nn2)[C@@H](O)[C@@H](CO)O[C@@H]1Cc1cc(C2CCN(S(=O)(=O)N(C)C)CC2)on1. The van der Waals surface area contributed by atoms with Gasteiger partial charge < -0.3 is 24.2 Å². The molecule has 2 aliphatic rings. The van der Waals surface area contributed by atoms with Crippen molar-refractivity contribution in [2.75, 3.05) is 40.9 Å². The lowest BCUT2D eigenvalue weighted by Crippen LogP contribution is -2.57. The van der Waals surface area contributed by atoms with Gasteiger partial charge in [0.15, 0.2) is 17.5 Å². The van der Waals surface area contributed by atoms with Crippen LogP contribution in [-0.4, -0.2) is 113 Å². The largest absolute Gasteiger partial charge is 0.394 e. The Morgan fingerprint density at radius 3 is 2.40 bits per heavy atom. The summed E-state index contributed by atoms with van der Waals surface area (Å²) in [7, 11) is 0.892. The number of hydrogen-bond acceptors (Lipinski definition) is 10. The number of halogens is 3. The normalized spacial score (nSPS) is 25.9. The first-order chi connectivity index (χ1) is 20.4. The van der Waals surface area contributed by atoms with E-state index >= 15 is 0 Å². The van der Waals surface area contributed by atoms with Gasteiger partial charge in [0.25, 0.3) is 10.2 Å². The molecule has 236 valence electrons. The number of aliphatic hydroxyl groups is 2. The summed E-state index contributed by atoms with van der Waals surface area (Å²) in [6, 6.07) is 2.41. The molecule has 0 unspecified atom stereocenters. The molecule has 17 heteroatoms. The van der Waals surface area contributed by atoms with Crippen LogP contribution >= 0.6 is 0 Å². The Morgan fingerprint density at radius 1 is 1.12 bits per heavy atom. The van der Waals surface area contributed by atoms with Crippen LogP contribution in [0.25, 0.3) is 11.3 Å². The zero-order chi connectivity index (χ0) is 31.1. The van der Waals surface area contributed by atoms with Gasteiger partial charge in [-0.2, -0.15) is 17.0 Å². The highest BCUT2D eigenvalue weighted by atomic mass is 32.2. The third kappa shape index (κ3) is 6.20. The Hall–Kier alpha value is -2.93. The Morgan fingerprint density at radius 2 is 1.79 bits per heavy atom. The zero-order valence-corrected chi connectivity index (χ0v) is 24.5. The maximum absolute atomic E-state index is 13.8. The second-order valence-corrected chi connectivity index (χ2v) is 12.9. The molecule has 2 aliphatic heterocycles. The lowest BCUT2D eigenvalue weighted by Gasteiger charge is -2.43. The molecule has 0 radical (unpaired) electrons. The highest BCUT2D eigenvalue weighted by Crippen LogP contribution is 2.35. The van der Waals surface area contributed by atoms with Gasteiger partial charge in [0.2, 0.25) is 0 Å². The van der Waals surface area contributed by atoms with Gasteiger partial charge in [0.1, 0.15) is 35.8 Å². The number of aliphatic hydroxyl groups excluding tert-OH is 2. The summed E-state index contributed by atoms with van der Waals surface area (Å²) in [5.74, 6) is -3.81. The maximum atomic E-state index is 13.8. The monoisotopic (exact) mass is 630 g/mol. The van der Waals surface area contributed by atoms with E-state index in [2.05, 4.69) is 15.5 Å². The van der Waals surface area contributed by atoms with Crippen LogP contribution in [0.1, 0.15) is 36.3 Å². The molecule has 5 atom stereocenters. The Bertz CT molecular complexity index is 1510. The fraction of sp³-hybridized carbons (Fsp3) is 0.577. The molecule has 0 saturated carbocycles. The van der Waals surface area contributed by atoms with Gasteiger partial charge in [0, 0.05) is 58.3 Å². The number of benzene rings is 1. The average Bonchev–Trinajstić information content (AvgIpc) is 3.66. The molecule has 13 nitrogen and oxygen atoms in total. The van der Waals surface area contributed by atoms with Crippen LogP contribution in [-0.2, 0) is 26.1 Å². The minimum absolute atomic E-state index is 0.0222. The zero-order valence-electron chi connectivity index (χ0n) is 23.7. The summed E-state index contributed by atoms with van der Waals surface area (Å²) in [6.07, 6.45) is -1.31. The third-order valence-electron chi connectivity index (χ3n) is 7.96. The number of rotatable bonds is 9. The van der Waals surface area contributed by atoms with Crippen molar-refractivity contribution in [2.24, 2.45) is 0 Å². The molecule has 0 aliphatic carbocycles. The van der Waals surface area contributed by atoms with E-state index in [0.717, 1.165) is 12.1 Å². The predicted octanol–water partition coefficient (Wildman–Crippen LogP) is 1.26.